The molecule has 6 heterocycles. The summed E-state index contributed by atoms with van der Waals surface area (Å²) in [7, 11) is 0. The van der Waals surface area contributed by atoms with Crippen molar-refractivity contribution in [2.24, 2.45) is 10.8 Å². The van der Waals surface area contributed by atoms with E-state index in [0.717, 1.165) is 125 Å². The molecule has 20 heteroatoms. The topological polar surface area (TPSA) is 234 Å². The Balaban J connectivity index is 0.650. The SMILES string of the molecule is Cc1ncsc1-c1ccc([C@H](C)NC(=O)[C@@H]2C[C@@H](O)CN2C(=O)[C@@H](NC(=O)CCCCCCCOCCCC2(Cn3ncc(-c4ccc(N5CCc6cccc(C(=O)Nc7nc8ccccc8s7)c6C5)nc4C(=O)O)c3C)CCCCC2)C(C)(C)C)cc1. The summed E-state index contributed by atoms with van der Waals surface area (Å²) in [4.78, 5) is 86.4. The van der Waals surface area contributed by atoms with Crippen LogP contribution in [-0.2, 0) is 38.6 Å². The highest BCUT2D eigenvalue weighted by Crippen LogP contribution is 2.43. The number of carboxylic acids is 1. The largest absolute Gasteiger partial charge is 0.476 e. The molecule has 4 amide bonds. The van der Waals surface area contributed by atoms with Gasteiger partial charge in [0.15, 0.2) is 10.8 Å². The maximum atomic E-state index is 14.2. The molecule has 4 atom stereocenters. The smallest absolute Gasteiger partial charge is 0.355 e. The summed E-state index contributed by atoms with van der Waals surface area (Å²) in [5.74, 6) is -1.74. The van der Waals surface area contributed by atoms with Gasteiger partial charge in [-0.2, -0.15) is 5.10 Å². The van der Waals surface area contributed by atoms with Crippen LogP contribution in [0.15, 0.2) is 90.6 Å². The lowest BCUT2D eigenvalue weighted by Crippen LogP contribution is -2.57. The number of aliphatic hydroxyl groups excluding tert-OH is 1. The van der Waals surface area contributed by atoms with Gasteiger partial charge in [-0.05, 0) is 129 Å². The van der Waals surface area contributed by atoms with Crippen LogP contribution >= 0.6 is 22.7 Å². The van der Waals surface area contributed by atoms with E-state index in [2.05, 4.69) is 30.6 Å². The van der Waals surface area contributed by atoms with Gasteiger partial charge < -0.3 is 35.4 Å². The molecule has 3 aliphatic rings. The summed E-state index contributed by atoms with van der Waals surface area (Å²) < 4.78 is 9.23. The van der Waals surface area contributed by atoms with Gasteiger partial charge in [-0.25, -0.2) is 19.7 Å². The molecule has 5 N–H and O–H groups in total. The highest BCUT2D eigenvalue weighted by molar-refractivity contribution is 7.22. The van der Waals surface area contributed by atoms with Gasteiger partial charge in [0.2, 0.25) is 17.7 Å². The second kappa shape index (κ2) is 28.4. The van der Waals surface area contributed by atoms with Gasteiger partial charge in [0.05, 0.1) is 44.6 Å². The second-order valence-corrected chi connectivity index (χ2v) is 27.3. The van der Waals surface area contributed by atoms with Crippen molar-refractivity contribution in [3.05, 3.63) is 130 Å². The summed E-state index contributed by atoms with van der Waals surface area (Å²) in [5, 5.41) is 35.8. The quantitative estimate of drug-likeness (QED) is 0.0336. The Labute approximate surface area is 523 Å². The van der Waals surface area contributed by atoms with Crippen LogP contribution in [0, 0.1) is 24.7 Å². The van der Waals surface area contributed by atoms with Crippen LogP contribution in [0.25, 0.3) is 31.8 Å². The van der Waals surface area contributed by atoms with Crippen molar-refractivity contribution >= 4 is 73.4 Å². The normalized spacial score (nSPS) is 17.4. The van der Waals surface area contributed by atoms with Gasteiger partial charge in [0.25, 0.3) is 5.91 Å². The fourth-order valence-corrected chi connectivity index (χ4v) is 14.7. The number of carbonyl (C=O) groups excluding carboxylic acids is 4. The molecular formula is C68H84N10O8S2. The van der Waals surface area contributed by atoms with E-state index in [1.54, 1.807) is 17.5 Å². The highest BCUT2D eigenvalue weighted by Gasteiger charge is 2.45. The number of benzene rings is 3. The van der Waals surface area contributed by atoms with Crippen LogP contribution in [0.1, 0.15) is 173 Å². The molecule has 0 unspecified atom stereocenters. The van der Waals surface area contributed by atoms with Crippen molar-refractivity contribution in [3.8, 4) is 21.6 Å². The molecule has 88 heavy (non-hydrogen) atoms. The number of β-amino-alcohol motifs (C(OH)–C–C–N with tert-alkyl or cyclic N) is 1. The van der Waals surface area contributed by atoms with Crippen molar-refractivity contribution in [2.75, 3.05) is 36.5 Å². The first-order valence-electron chi connectivity index (χ1n) is 31.3. The number of nitrogens with one attached hydrogen (secondary N) is 3. The number of unbranched alkanes of at least 4 members (excludes halogenated alkanes) is 4. The number of aliphatic hydroxyl groups is 1. The predicted molar refractivity (Wildman–Crippen MR) is 346 cm³/mol. The second-order valence-electron chi connectivity index (χ2n) is 25.4. The molecule has 1 saturated carbocycles. The van der Waals surface area contributed by atoms with Gasteiger partial charge in [-0.1, -0.05) is 119 Å². The minimum atomic E-state index is -1.12. The van der Waals surface area contributed by atoms with Crippen LogP contribution in [0.3, 0.4) is 0 Å². The maximum Gasteiger partial charge on any atom is 0.355 e. The van der Waals surface area contributed by atoms with E-state index in [0.29, 0.717) is 61.2 Å². The number of pyridine rings is 1. The molecule has 2 aliphatic heterocycles. The van der Waals surface area contributed by atoms with Crippen LogP contribution in [-0.4, -0.2) is 114 Å². The highest BCUT2D eigenvalue weighted by atomic mass is 32.1. The zero-order chi connectivity index (χ0) is 62.1. The van der Waals surface area contributed by atoms with Crippen molar-refractivity contribution in [2.45, 2.75) is 175 Å². The molecule has 1 saturated heterocycles. The minimum Gasteiger partial charge on any atom is -0.476 e. The molecule has 4 aromatic heterocycles. The van der Waals surface area contributed by atoms with Crippen molar-refractivity contribution in [3.63, 3.8) is 0 Å². The Morgan fingerprint density at radius 1 is 0.852 bits per heavy atom. The Morgan fingerprint density at radius 3 is 2.36 bits per heavy atom. The number of thiazole rings is 2. The average Bonchev–Trinajstić information content (AvgIpc) is 2.45. The number of amides is 4. The Hall–Kier alpha value is -7.39. The van der Waals surface area contributed by atoms with Crippen LogP contribution < -0.4 is 20.9 Å². The maximum absolute atomic E-state index is 14.2. The average molecular weight is 1230 g/mol. The number of rotatable bonds is 25. The Morgan fingerprint density at radius 2 is 1.61 bits per heavy atom. The van der Waals surface area contributed by atoms with Gasteiger partial charge in [-0.3, -0.25) is 29.2 Å². The number of hydrogen-bond acceptors (Lipinski definition) is 14. The summed E-state index contributed by atoms with van der Waals surface area (Å²) in [5.41, 5.74) is 9.67. The molecule has 7 aromatic rings. The number of carboxylic acid groups (broad SMARTS) is 1. The number of hydrogen-bond donors (Lipinski definition) is 5. The van der Waals surface area contributed by atoms with Crippen molar-refractivity contribution < 1.29 is 38.9 Å². The lowest BCUT2D eigenvalue weighted by molar-refractivity contribution is -0.144. The summed E-state index contributed by atoms with van der Waals surface area (Å²) in [6.45, 7) is 14.7. The van der Waals surface area contributed by atoms with Gasteiger partial charge >= 0.3 is 5.97 Å². The third-order valence-corrected chi connectivity index (χ3v) is 19.9. The van der Waals surface area contributed by atoms with Crippen LogP contribution in [0.4, 0.5) is 10.9 Å². The number of ether oxygens (including phenoxy) is 1. The number of fused-ring (bicyclic) bond motifs is 2. The predicted octanol–water partition coefficient (Wildman–Crippen LogP) is 12.3. The van der Waals surface area contributed by atoms with Gasteiger partial charge in [0, 0.05) is 74.6 Å². The number of aryl methyl sites for hydroxylation is 1. The molecule has 0 spiro atoms. The molecule has 18 nitrogen and oxygen atoms in total. The fraction of sp³-hybridized carbons (Fsp3) is 0.485. The van der Waals surface area contributed by atoms with E-state index < -0.39 is 29.6 Å². The Kier molecular flexibility index (Phi) is 20.5. The third kappa shape index (κ3) is 15.2. The zero-order valence-corrected chi connectivity index (χ0v) is 53.2. The van der Waals surface area contributed by atoms with E-state index in [-0.39, 0.29) is 60.2 Å². The van der Waals surface area contributed by atoms with Gasteiger partial charge in [0.1, 0.15) is 17.9 Å². The third-order valence-electron chi connectivity index (χ3n) is 18.0. The number of nitrogens with zero attached hydrogens (tertiary/aromatic N) is 7. The lowest BCUT2D eigenvalue weighted by atomic mass is 9.71. The number of anilines is 2. The number of likely N-dealkylation sites (tertiary alicyclic amines) is 1. The van der Waals surface area contributed by atoms with Crippen LogP contribution in [0.2, 0.25) is 0 Å². The minimum absolute atomic E-state index is 0.0165. The van der Waals surface area contributed by atoms with Gasteiger partial charge in [-0.15, -0.1) is 11.3 Å². The molecule has 0 radical (unpaired) electrons. The molecular weight excluding hydrogens is 1150 g/mol. The van der Waals surface area contributed by atoms with Crippen molar-refractivity contribution in [1.82, 2.24) is 40.3 Å². The first kappa shape index (κ1) is 63.6. The summed E-state index contributed by atoms with van der Waals surface area (Å²) in [6, 6.07) is 23.2. The van der Waals surface area contributed by atoms with E-state index in [4.69, 9.17) is 14.8 Å². The number of para-hydroxylation sites is 1. The number of aromatic nitrogens is 5. The number of aromatic carboxylic acids is 1. The first-order valence-corrected chi connectivity index (χ1v) is 33.0. The Bertz CT molecular complexity index is 3570. The standard InChI is InChI=1S/C68H84N10O8S2/c1-43(46-24-26-48(27-25-46)60-44(2)69-42-87-60)71-63(82)55-37-49(79)39-77(55)64(83)61(67(4,5)6)74-58(80)23-11-8-7-9-16-35-86-36-18-33-68(31-14-10-15-32-68)41-78-45(3)52(38-70-78)50-28-29-57(73-59(50)65(84)85)76-34-30-47-19-17-20-51(53(47)40-76)62(81)75-66-72-54-21-12-13-22-56(54)88-66/h12-13,17,19-22,24-29,38,42-43,49,55,61,79H,7-11,14-16,18,23,30-37,39-41H2,1-6H3,(H,71,82)(H,74,80)(H,84,85)(H,72,75,81)/t43-,49+,55-,61+/m0/s1. The van der Waals surface area contributed by atoms with E-state index in [1.807, 2.05) is 131 Å². The molecule has 466 valence electrons. The molecule has 2 fully saturated rings. The van der Waals surface area contributed by atoms with Crippen LogP contribution in [0.5, 0.6) is 0 Å². The summed E-state index contributed by atoms with van der Waals surface area (Å²) in [6.07, 6.45) is 14.1. The molecule has 0 bridgehead atoms. The lowest BCUT2D eigenvalue weighted by Gasteiger charge is -2.38. The van der Waals surface area contributed by atoms with E-state index in [9.17, 15) is 34.2 Å². The van der Waals surface area contributed by atoms with E-state index in [1.165, 1.54) is 22.7 Å². The monoisotopic (exact) mass is 1230 g/mol. The number of carbonyl (C=O) groups is 5. The molecule has 10 rings (SSSR count). The van der Waals surface area contributed by atoms with E-state index >= 15 is 0 Å². The van der Waals surface area contributed by atoms with Crippen molar-refractivity contribution in [1.29, 1.82) is 0 Å². The first-order chi connectivity index (χ1) is 42.3. The summed E-state index contributed by atoms with van der Waals surface area (Å²) >= 11 is 3.01. The zero-order valence-electron chi connectivity index (χ0n) is 51.6. The molecule has 3 aromatic carbocycles. The fourth-order valence-electron chi connectivity index (χ4n) is 13.0. The molecule has 1 aliphatic carbocycles.